The van der Waals surface area contributed by atoms with Crippen LogP contribution in [0.2, 0.25) is 0 Å². The van der Waals surface area contributed by atoms with Crippen molar-refractivity contribution in [1.82, 2.24) is 0 Å². The number of methoxy groups -OCH3 is 2. The summed E-state index contributed by atoms with van der Waals surface area (Å²) in [5.41, 5.74) is 0. The minimum absolute atomic E-state index is 0.105. The number of ether oxygens (including phenoxy) is 6. The first-order chi connectivity index (χ1) is 8.86. The Morgan fingerprint density at radius 1 is 0.778 bits per heavy atom. The Bertz CT molecular complexity index is 187. The monoisotopic (exact) mass is 264 g/mol. The summed E-state index contributed by atoms with van der Waals surface area (Å²) in [6, 6.07) is 0. The molecule has 2 aliphatic rings. The van der Waals surface area contributed by atoms with Gasteiger partial charge in [-0.1, -0.05) is 13.8 Å². The van der Waals surface area contributed by atoms with E-state index in [1.807, 2.05) is 13.8 Å². The average molecular weight is 264 g/mol. The fraction of sp³-hybridized carbons (Fsp3) is 1.00. The molecule has 0 amide bonds. The van der Waals surface area contributed by atoms with Gasteiger partial charge in [0.1, 0.15) is 38.0 Å². The maximum absolute atomic E-state index is 5.52. The SMILES string of the molecule is CC.COCC1OCOC2C(COC)OCOC12. The normalized spacial score (nSPS) is 35.3. The summed E-state index contributed by atoms with van der Waals surface area (Å²) in [6.45, 7) is 5.46. The molecule has 0 bridgehead atoms. The zero-order valence-electron chi connectivity index (χ0n) is 11.6. The smallest absolute Gasteiger partial charge is 0.147 e. The van der Waals surface area contributed by atoms with Crippen molar-refractivity contribution in [2.75, 3.05) is 41.0 Å². The van der Waals surface area contributed by atoms with E-state index in [-0.39, 0.29) is 38.0 Å². The fourth-order valence-electron chi connectivity index (χ4n) is 2.04. The van der Waals surface area contributed by atoms with Crippen molar-refractivity contribution in [2.45, 2.75) is 38.3 Å². The molecule has 2 saturated heterocycles. The molecule has 0 aromatic rings. The van der Waals surface area contributed by atoms with E-state index >= 15 is 0 Å². The van der Waals surface area contributed by atoms with E-state index in [0.717, 1.165) is 0 Å². The molecule has 2 fully saturated rings. The third kappa shape index (κ3) is 3.88. The first-order valence-electron chi connectivity index (χ1n) is 6.31. The molecule has 4 atom stereocenters. The summed E-state index contributed by atoms with van der Waals surface area (Å²) in [5.74, 6) is 0. The van der Waals surface area contributed by atoms with E-state index in [4.69, 9.17) is 28.4 Å². The zero-order valence-corrected chi connectivity index (χ0v) is 11.6. The molecule has 2 aliphatic heterocycles. The lowest BCUT2D eigenvalue weighted by Crippen LogP contribution is -2.59. The second-order valence-corrected chi connectivity index (χ2v) is 3.82. The van der Waals surface area contributed by atoms with Crippen LogP contribution < -0.4 is 0 Å². The molecule has 0 N–H and O–H groups in total. The Kier molecular flexibility index (Phi) is 7.73. The van der Waals surface area contributed by atoms with E-state index < -0.39 is 0 Å². The number of hydrogen-bond donors (Lipinski definition) is 0. The topological polar surface area (TPSA) is 55.4 Å². The second-order valence-electron chi connectivity index (χ2n) is 3.82. The van der Waals surface area contributed by atoms with Crippen molar-refractivity contribution in [2.24, 2.45) is 0 Å². The van der Waals surface area contributed by atoms with Gasteiger partial charge in [-0.15, -0.1) is 0 Å². The average Bonchev–Trinajstić information content (AvgIpc) is 2.43. The Morgan fingerprint density at radius 2 is 1.17 bits per heavy atom. The summed E-state index contributed by atoms with van der Waals surface area (Å²) in [5, 5.41) is 0. The first-order valence-corrected chi connectivity index (χ1v) is 6.31. The predicted octanol–water partition coefficient (Wildman–Crippen LogP) is 0.788. The number of hydrogen-bond acceptors (Lipinski definition) is 6. The lowest BCUT2D eigenvalue weighted by Gasteiger charge is -2.43. The molecule has 18 heavy (non-hydrogen) atoms. The van der Waals surface area contributed by atoms with Gasteiger partial charge in [-0.3, -0.25) is 0 Å². The molecule has 0 spiro atoms. The zero-order chi connectivity index (χ0) is 13.4. The summed E-state index contributed by atoms with van der Waals surface area (Å²) in [4.78, 5) is 0. The molecule has 6 heteroatoms. The highest BCUT2D eigenvalue weighted by atomic mass is 16.8. The van der Waals surface area contributed by atoms with Crippen molar-refractivity contribution >= 4 is 0 Å². The molecular weight excluding hydrogens is 240 g/mol. The van der Waals surface area contributed by atoms with Crippen LogP contribution in [-0.4, -0.2) is 65.4 Å². The minimum Gasteiger partial charge on any atom is -0.382 e. The highest BCUT2D eigenvalue weighted by molar-refractivity contribution is 4.89. The Balaban J connectivity index is 0.000000771. The maximum Gasteiger partial charge on any atom is 0.147 e. The van der Waals surface area contributed by atoms with Crippen LogP contribution in [-0.2, 0) is 28.4 Å². The summed E-state index contributed by atoms with van der Waals surface area (Å²) in [6.07, 6.45) is -0.510. The van der Waals surface area contributed by atoms with Gasteiger partial charge in [0.05, 0.1) is 13.2 Å². The van der Waals surface area contributed by atoms with Crippen molar-refractivity contribution in [1.29, 1.82) is 0 Å². The highest BCUT2D eigenvalue weighted by Gasteiger charge is 2.44. The first kappa shape index (κ1) is 15.8. The van der Waals surface area contributed by atoms with Gasteiger partial charge < -0.3 is 28.4 Å². The minimum atomic E-state index is -0.150. The molecule has 2 rings (SSSR count). The molecule has 0 aromatic heterocycles. The maximum atomic E-state index is 5.52. The van der Waals surface area contributed by atoms with Crippen LogP contribution in [0.4, 0.5) is 0 Å². The van der Waals surface area contributed by atoms with Crippen LogP contribution in [0.3, 0.4) is 0 Å². The van der Waals surface area contributed by atoms with Gasteiger partial charge >= 0.3 is 0 Å². The van der Waals surface area contributed by atoms with Crippen LogP contribution in [0, 0.1) is 0 Å². The predicted molar refractivity (Wildman–Crippen MR) is 64.3 cm³/mol. The Morgan fingerprint density at radius 3 is 1.50 bits per heavy atom. The van der Waals surface area contributed by atoms with Gasteiger partial charge in [-0.2, -0.15) is 0 Å². The van der Waals surface area contributed by atoms with Crippen molar-refractivity contribution < 1.29 is 28.4 Å². The molecule has 0 aliphatic carbocycles. The fourth-order valence-corrected chi connectivity index (χ4v) is 2.04. The Hall–Kier alpha value is -0.240. The van der Waals surface area contributed by atoms with Gasteiger partial charge in [0.15, 0.2) is 0 Å². The van der Waals surface area contributed by atoms with Crippen LogP contribution >= 0.6 is 0 Å². The molecular formula is C12H24O6. The standard InChI is InChI=1S/C10H18O6.C2H6/c1-11-3-7-9-10(16-5-13-7)8(4-12-2)14-6-15-9;1-2/h7-10H,3-6H2,1-2H3;1-2H3. The van der Waals surface area contributed by atoms with E-state index in [9.17, 15) is 0 Å². The van der Waals surface area contributed by atoms with Gasteiger partial charge in [0.25, 0.3) is 0 Å². The number of rotatable bonds is 4. The van der Waals surface area contributed by atoms with Gasteiger partial charge in [0.2, 0.25) is 0 Å². The third-order valence-electron chi connectivity index (χ3n) is 2.80. The van der Waals surface area contributed by atoms with Gasteiger partial charge in [0, 0.05) is 14.2 Å². The van der Waals surface area contributed by atoms with E-state index in [0.29, 0.717) is 13.2 Å². The van der Waals surface area contributed by atoms with Crippen molar-refractivity contribution in [3.63, 3.8) is 0 Å². The second kappa shape index (κ2) is 8.79. The summed E-state index contributed by atoms with van der Waals surface area (Å²) in [7, 11) is 3.28. The van der Waals surface area contributed by atoms with E-state index in [1.165, 1.54) is 0 Å². The molecule has 4 unspecified atom stereocenters. The largest absolute Gasteiger partial charge is 0.382 e. The lowest BCUT2D eigenvalue weighted by molar-refractivity contribution is -0.330. The van der Waals surface area contributed by atoms with Crippen LogP contribution in [0.15, 0.2) is 0 Å². The molecule has 2 heterocycles. The van der Waals surface area contributed by atoms with E-state index in [1.54, 1.807) is 14.2 Å². The van der Waals surface area contributed by atoms with Crippen LogP contribution in [0.5, 0.6) is 0 Å². The van der Waals surface area contributed by atoms with Gasteiger partial charge in [-0.25, -0.2) is 0 Å². The van der Waals surface area contributed by atoms with Crippen LogP contribution in [0.25, 0.3) is 0 Å². The summed E-state index contributed by atoms with van der Waals surface area (Å²) < 4.78 is 32.1. The Labute approximate surface area is 108 Å². The van der Waals surface area contributed by atoms with Crippen molar-refractivity contribution in [3.8, 4) is 0 Å². The van der Waals surface area contributed by atoms with Gasteiger partial charge in [-0.05, 0) is 0 Å². The molecule has 0 aromatic carbocycles. The third-order valence-corrected chi connectivity index (χ3v) is 2.80. The molecule has 0 saturated carbocycles. The van der Waals surface area contributed by atoms with E-state index in [2.05, 4.69) is 0 Å². The van der Waals surface area contributed by atoms with Crippen LogP contribution in [0.1, 0.15) is 13.8 Å². The van der Waals surface area contributed by atoms with Crippen molar-refractivity contribution in [3.05, 3.63) is 0 Å². The molecule has 108 valence electrons. The highest BCUT2D eigenvalue weighted by Crippen LogP contribution is 2.26. The lowest BCUT2D eigenvalue weighted by atomic mass is 10.0. The number of fused-ring (bicyclic) bond motifs is 1. The summed E-state index contributed by atoms with van der Waals surface area (Å²) >= 11 is 0. The molecule has 6 nitrogen and oxygen atoms in total. The molecule has 0 radical (unpaired) electrons. The quantitative estimate of drug-likeness (QED) is 0.748.